The van der Waals surface area contributed by atoms with Crippen molar-refractivity contribution in [1.29, 1.82) is 0 Å². The van der Waals surface area contributed by atoms with Crippen LogP contribution in [-0.4, -0.2) is 24.4 Å². The van der Waals surface area contributed by atoms with Crippen molar-refractivity contribution in [2.45, 2.75) is 31.8 Å². The number of nitrogens with two attached hydrogens (primary N) is 1. The predicted molar refractivity (Wildman–Crippen MR) is 39.7 cm³/mol. The smallest absolute Gasteiger partial charge is 0.148 e. The van der Waals surface area contributed by atoms with Crippen LogP contribution in [0, 0.1) is 0 Å². The summed E-state index contributed by atoms with van der Waals surface area (Å²) in [4.78, 5) is 10.8. The number of hydrogen-bond donors (Lipinski definition) is 2. The zero-order valence-electron chi connectivity index (χ0n) is 6.26. The molecule has 0 aromatic rings. The Morgan fingerprint density at radius 1 is 1.80 bits per heavy atom. The van der Waals surface area contributed by atoms with Gasteiger partial charge >= 0.3 is 0 Å². The van der Waals surface area contributed by atoms with Crippen LogP contribution >= 0.6 is 0 Å². The molecular formula is C7H14N2O. The van der Waals surface area contributed by atoms with E-state index in [1.807, 2.05) is 0 Å². The van der Waals surface area contributed by atoms with E-state index < -0.39 is 0 Å². The third-order valence-corrected chi connectivity index (χ3v) is 2.00. The number of hydrogen-bond acceptors (Lipinski definition) is 3. The summed E-state index contributed by atoms with van der Waals surface area (Å²) in [5.41, 5.74) is 5.61. The third-order valence-electron chi connectivity index (χ3n) is 2.00. The van der Waals surface area contributed by atoms with Gasteiger partial charge in [-0.1, -0.05) is 0 Å². The van der Waals surface area contributed by atoms with Crippen LogP contribution in [0.5, 0.6) is 0 Å². The summed E-state index contributed by atoms with van der Waals surface area (Å²) in [6, 6.07) is -0.0556. The van der Waals surface area contributed by atoms with E-state index in [2.05, 4.69) is 5.32 Å². The van der Waals surface area contributed by atoms with Crippen molar-refractivity contribution in [3.05, 3.63) is 0 Å². The lowest BCUT2D eigenvalue weighted by atomic mass is 10.0. The van der Waals surface area contributed by atoms with E-state index in [1.54, 1.807) is 6.92 Å². The maximum atomic E-state index is 10.8. The third kappa shape index (κ3) is 1.55. The maximum Gasteiger partial charge on any atom is 0.148 e. The Kier molecular flexibility index (Phi) is 2.40. The van der Waals surface area contributed by atoms with Gasteiger partial charge in [-0.05, 0) is 26.3 Å². The minimum Gasteiger partial charge on any atom is -0.320 e. The molecule has 0 amide bonds. The highest BCUT2D eigenvalue weighted by Gasteiger charge is 2.23. The quantitative estimate of drug-likeness (QED) is 0.554. The molecule has 2 atom stereocenters. The predicted octanol–water partition coefficient (Wildman–Crippen LogP) is -0.345. The van der Waals surface area contributed by atoms with Gasteiger partial charge in [-0.3, -0.25) is 4.79 Å². The fourth-order valence-corrected chi connectivity index (χ4v) is 1.30. The van der Waals surface area contributed by atoms with E-state index in [9.17, 15) is 4.79 Å². The first kappa shape index (κ1) is 7.69. The summed E-state index contributed by atoms with van der Waals surface area (Å²) in [6.07, 6.45) is 2.19. The highest BCUT2D eigenvalue weighted by Crippen LogP contribution is 2.07. The Hall–Kier alpha value is -0.410. The van der Waals surface area contributed by atoms with Gasteiger partial charge in [-0.15, -0.1) is 0 Å². The van der Waals surface area contributed by atoms with E-state index in [0.29, 0.717) is 0 Å². The van der Waals surface area contributed by atoms with Gasteiger partial charge in [-0.2, -0.15) is 0 Å². The van der Waals surface area contributed by atoms with E-state index in [1.165, 1.54) is 0 Å². The number of carbonyl (C=O) groups is 1. The van der Waals surface area contributed by atoms with Crippen LogP contribution in [0.4, 0.5) is 0 Å². The number of Topliss-reactive ketones (excluding diaryl/α,β-unsaturated/α-hetero) is 1. The molecule has 0 aromatic carbocycles. The standard InChI is InChI=1S/C7H14N2O/c1-5(10)7(8)6-3-2-4-9-6/h6-7,9H,2-4,8H2,1H3/t6-,7?/m1/s1. The molecular weight excluding hydrogens is 128 g/mol. The van der Waals surface area contributed by atoms with E-state index >= 15 is 0 Å². The second-order valence-corrected chi connectivity index (χ2v) is 2.84. The monoisotopic (exact) mass is 142 g/mol. The molecule has 1 unspecified atom stereocenters. The van der Waals surface area contributed by atoms with Crippen LogP contribution in [0.1, 0.15) is 19.8 Å². The first-order valence-corrected chi connectivity index (χ1v) is 3.71. The molecule has 3 heteroatoms. The Labute approximate surface area is 61.0 Å². The molecule has 1 fully saturated rings. The zero-order valence-corrected chi connectivity index (χ0v) is 6.26. The molecule has 0 radical (unpaired) electrons. The largest absolute Gasteiger partial charge is 0.320 e. The molecule has 0 saturated carbocycles. The van der Waals surface area contributed by atoms with E-state index in [0.717, 1.165) is 19.4 Å². The average Bonchev–Trinajstić information content (AvgIpc) is 2.36. The highest BCUT2D eigenvalue weighted by molar-refractivity contribution is 5.82. The Morgan fingerprint density at radius 2 is 2.50 bits per heavy atom. The van der Waals surface area contributed by atoms with Crippen LogP contribution in [0.3, 0.4) is 0 Å². The molecule has 0 bridgehead atoms. The summed E-state index contributed by atoms with van der Waals surface area (Å²) < 4.78 is 0. The van der Waals surface area contributed by atoms with Crippen molar-refractivity contribution in [2.24, 2.45) is 5.73 Å². The van der Waals surface area contributed by atoms with E-state index in [4.69, 9.17) is 5.73 Å². The van der Waals surface area contributed by atoms with Crippen LogP contribution in [-0.2, 0) is 4.79 Å². The molecule has 1 aliphatic heterocycles. The Balaban J connectivity index is 2.39. The van der Waals surface area contributed by atoms with Crippen molar-refractivity contribution < 1.29 is 4.79 Å². The van der Waals surface area contributed by atoms with Gasteiger partial charge in [0.2, 0.25) is 0 Å². The topological polar surface area (TPSA) is 55.1 Å². The first-order valence-electron chi connectivity index (χ1n) is 3.71. The first-order chi connectivity index (χ1) is 4.72. The molecule has 0 spiro atoms. The summed E-state index contributed by atoms with van der Waals surface area (Å²) in [7, 11) is 0. The van der Waals surface area contributed by atoms with E-state index in [-0.39, 0.29) is 17.9 Å². The van der Waals surface area contributed by atoms with Gasteiger partial charge < -0.3 is 11.1 Å². The van der Waals surface area contributed by atoms with Gasteiger partial charge in [0.15, 0.2) is 0 Å². The molecule has 58 valence electrons. The van der Waals surface area contributed by atoms with Gasteiger partial charge in [0.25, 0.3) is 0 Å². The SMILES string of the molecule is CC(=O)C(N)[C@H]1CCCN1. The van der Waals surface area contributed by atoms with Crippen molar-refractivity contribution in [3.8, 4) is 0 Å². The fourth-order valence-electron chi connectivity index (χ4n) is 1.30. The lowest BCUT2D eigenvalue weighted by molar-refractivity contribution is -0.118. The number of ketones is 1. The Bertz CT molecular complexity index is 130. The van der Waals surface area contributed by atoms with Crippen molar-refractivity contribution >= 4 is 5.78 Å². The second-order valence-electron chi connectivity index (χ2n) is 2.84. The zero-order chi connectivity index (χ0) is 7.56. The Morgan fingerprint density at radius 3 is 2.90 bits per heavy atom. The molecule has 1 heterocycles. The fraction of sp³-hybridized carbons (Fsp3) is 0.857. The molecule has 1 rings (SSSR count). The number of carbonyl (C=O) groups excluding carboxylic acids is 1. The van der Waals surface area contributed by atoms with Crippen molar-refractivity contribution in [3.63, 3.8) is 0 Å². The van der Waals surface area contributed by atoms with Gasteiger partial charge in [0, 0.05) is 6.04 Å². The van der Waals surface area contributed by atoms with Crippen LogP contribution in [0.2, 0.25) is 0 Å². The highest BCUT2D eigenvalue weighted by atomic mass is 16.1. The molecule has 0 aromatic heterocycles. The normalized spacial score (nSPS) is 28.4. The maximum absolute atomic E-state index is 10.8. The van der Waals surface area contributed by atoms with Gasteiger partial charge in [0.05, 0.1) is 6.04 Å². The van der Waals surface area contributed by atoms with Crippen LogP contribution < -0.4 is 11.1 Å². The second kappa shape index (κ2) is 3.12. The molecule has 3 nitrogen and oxygen atoms in total. The summed E-state index contributed by atoms with van der Waals surface area (Å²) in [6.45, 7) is 2.55. The average molecular weight is 142 g/mol. The lowest BCUT2D eigenvalue weighted by Crippen LogP contribution is -2.45. The minimum absolute atomic E-state index is 0.0828. The molecule has 10 heavy (non-hydrogen) atoms. The number of nitrogens with one attached hydrogen (secondary N) is 1. The lowest BCUT2D eigenvalue weighted by Gasteiger charge is -2.15. The molecule has 0 aliphatic carbocycles. The summed E-state index contributed by atoms with van der Waals surface area (Å²) in [5.74, 6) is 0.0828. The van der Waals surface area contributed by atoms with Crippen molar-refractivity contribution in [1.82, 2.24) is 5.32 Å². The number of rotatable bonds is 2. The summed E-state index contributed by atoms with van der Waals surface area (Å²) >= 11 is 0. The van der Waals surface area contributed by atoms with Crippen LogP contribution in [0.15, 0.2) is 0 Å². The molecule has 3 N–H and O–H groups in total. The molecule has 1 aliphatic rings. The molecule has 1 saturated heterocycles. The minimum atomic E-state index is -0.289. The van der Waals surface area contributed by atoms with Gasteiger partial charge in [0.1, 0.15) is 5.78 Å². The summed E-state index contributed by atoms with van der Waals surface area (Å²) in [5, 5.41) is 3.19. The van der Waals surface area contributed by atoms with Gasteiger partial charge in [-0.25, -0.2) is 0 Å². The van der Waals surface area contributed by atoms with Crippen LogP contribution in [0.25, 0.3) is 0 Å². The van der Waals surface area contributed by atoms with Crippen molar-refractivity contribution in [2.75, 3.05) is 6.54 Å².